The quantitative estimate of drug-likeness (QED) is 0.331. The zero-order valence-corrected chi connectivity index (χ0v) is 17.2. The van der Waals surface area contributed by atoms with Crippen molar-refractivity contribution in [1.29, 1.82) is 0 Å². The van der Waals surface area contributed by atoms with Crippen molar-refractivity contribution >= 4 is 29.3 Å². The number of carbonyl (C=O) groups excluding carboxylic acids is 1. The molecule has 1 rings (SSSR count). The maximum Gasteiger partial charge on any atom is 0.306 e. The molecule has 0 fully saturated rings. The van der Waals surface area contributed by atoms with Gasteiger partial charge in [-0.25, -0.2) is 0 Å². The van der Waals surface area contributed by atoms with Crippen molar-refractivity contribution in [1.82, 2.24) is 0 Å². The molecule has 0 aliphatic rings. The molecule has 5 heteroatoms. The molecule has 1 aromatic carbocycles. The monoisotopic (exact) mass is 384 g/mol. The smallest absolute Gasteiger partial charge is 0.306 e. The standard InChI is InChI=1S/C20H29ClO3S/c1-15-10-12-17(13-11-15)25-19(21)16(14-22)8-6-5-7-9-18(23)24-20(2,3)4/h10-13,22H,5-9,14H2,1-4H3/b19-16+. The number of hydrogen-bond donors (Lipinski definition) is 1. The molecule has 3 nitrogen and oxygen atoms in total. The van der Waals surface area contributed by atoms with Gasteiger partial charge in [0, 0.05) is 11.3 Å². The number of aryl methyl sites for hydroxylation is 1. The molecular weight excluding hydrogens is 356 g/mol. The van der Waals surface area contributed by atoms with E-state index < -0.39 is 5.60 Å². The molecule has 0 heterocycles. The maximum atomic E-state index is 11.7. The van der Waals surface area contributed by atoms with Crippen LogP contribution in [0.5, 0.6) is 0 Å². The Morgan fingerprint density at radius 2 is 1.72 bits per heavy atom. The summed E-state index contributed by atoms with van der Waals surface area (Å²) in [6.07, 6.45) is 3.76. The fourth-order valence-corrected chi connectivity index (χ4v) is 3.41. The van der Waals surface area contributed by atoms with Crippen LogP contribution in [0, 0.1) is 6.92 Å². The third-order valence-corrected chi connectivity index (χ3v) is 4.95. The molecule has 0 amide bonds. The van der Waals surface area contributed by atoms with Crippen LogP contribution in [0.3, 0.4) is 0 Å². The molecule has 1 aromatic rings. The van der Waals surface area contributed by atoms with E-state index in [1.165, 1.54) is 17.3 Å². The molecule has 0 aromatic heterocycles. The number of thioether (sulfide) groups is 1. The third kappa shape index (κ3) is 9.93. The number of esters is 1. The summed E-state index contributed by atoms with van der Waals surface area (Å²) >= 11 is 7.84. The number of unbranched alkanes of at least 4 members (excludes halogenated alkanes) is 2. The Morgan fingerprint density at radius 3 is 2.28 bits per heavy atom. The lowest BCUT2D eigenvalue weighted by Gasteiger charge is -2.19. The summed E-state index contributed by atoms with van der Waals surface area (Å²) in [5.74, 6) is -0.154. The van der Waals surface area contributed by atoms with E-state index in [2.05, 4.69) is 0 Å². The minimum atomic E-state index is -0.426. The normalized spacial score (nSPS) is 12.7. The van der Waals surface area contributed by atoms with Gasteiger partial charge >= 0.3 is 5.97 Å². The summed E-state index contributed by atoms with van der Waals surface area (Å²) in [5.41, 5.74) is 1.63. The number of ether oxygens (including phenoxy) is 1. The van der Waals surface area contributed by atoms with E-state index in [1.807, 2.05) is 52.0 Å². The van der Waals surface area contributed by atoms with Crippen LogP contribution in [0.4, 0.5) is 0 Å². The summed E-state index contributed by atoms with van der Waals surface area (Å²) < 4.78 is 5.92. The molecule has 0 unspecified atom stereocenters. The van der Waals surface area contributed by atoms with Crippen LogP contribution < -0.4 is 0 Å². The maximum absolute atomic E-state index is 11.7. The van der Waals surface area contributed by atoms with Gasteiger partial charge in [-0.3, -0.25) is 4.79 Å². The first-order valence-corrected chi connectivity index (χ1v) is 9.85. The van der Waals surface area contributed by atoms with E-state index in [9.17, 15) is 9.90 Å². The number of aliphatic hydroxyl groups is 1. The number of rotatable bonds is 9. The van der Waals surface area contributed by atoms with Crippen LogP contribution in [0.15, 0.2) is 39.1 Å². The van der Waals surface area contributed by atoms with Gasteiger partial charge in [-0.2, -0.15) is 0 Å². The average molecular weight is 385 g/mol. The first-order valence-electron chi connectivity index (χ1n) is 8.66. The van der Waals surface area contributed by atoms with E-state index in [1.54, 1.807) is 0 Å². The number of hydrogen-bond acceptors (Lipinski definition) is 4. The van der Waals surface area contributed by atoms with Gasteiger partial charge in [0.2, 0.25) is 0 Å². The van der Waals surface area contributed by atoms with Gasteiger partial charge in [0.15, 0.2) is 0 Å². The first kappa shape index (κ1) is 22.1. The highest BCUT2D eigenvalue weighted by molar-refractivity contribution is 8.04. The summed E-state index contributed by atoms with van der Waals surface area (Å²) in [5, 5.41) is 9.56. The van der Waals surface area contributed by atoms with Crippen LogP contribution >= 0.6 is 23.4 Å². The lowest BCUT2D eigenvalue weighted by atomic mass is 10.1. The molecule has 0 aliphatic carbocycles. The van der Waals surface area contributed by atoms with Crippen molar-refractivity contribution in [3.63, 3.8) is 0 Å². The minimum absolute atomic E-state index is 0.0379. The SMILES string of the molecule is Cc1ccc(S/C(Cl)=C(/CO)CCCCCC(=O)OC(C)(C)C)cc1. The van der Waals surface area contributed by atoms with E-state index in [4.69, 9.17) is 16.3 Å². The van der Waals surface area contributed by atoms with Crippen molar-refractivity contribution < 1.29 is 14.6 Å². The second kappa shape index (κ2) is 10.9. The molecule has 0 bridgehead atoms. The number of benzene rings is 1. The number of carbonyl (C=O) groups is 1. The third-order valence-electron chi connectivity index (χ3n) is 3.48. The summed E-state index contributed by atoms with van der Waals surface area (Å²) in [4.78, 5) is 12.7. The highest BCUT2D eigenvalue weighted by Crippen LogP contribution is 2.33. The predicted molar refractivity (Wildman–Crippen MR) is 106 cm³/mol. The molecule has 1 N–H and O–H groups in total. The second-order valence-corrected chi connectivity index (χ2v) is 8.78. The Balaban J connectivity index is 2.37. The van der Waals surface area contributed by atoms with Gasteiger partial charge in [0.25, 0.3) is 0 Å². The average Bonchev–Trinajstić information content (AvgIpc) is 2.51. The Bertz CT molecular complexity index is 574. The zero-order valence-electron chi connectivity index (χ0n) is 15.6. The fraction of sp³-hybridized carbons (Fsp3) is 0.550. The molecule has 25 heavy (non-hydrogen) atoms. The van der Waals surface area contributed by atoms with Gasteiger partial charge in [0.05, 0.1) is 11.0 Å². The van der Waals surface area contributed by atoms with Gasteiger partial charge in [-0.1, -0.05) is 47.5 Å². The highest BCUT2D eigenvalue weighted by atomic mass is 35.5. The van der Waals surface area contributed by atoms with Crippen LogP contribution in [0.1, 0.15) is 58.4 Å². The molecule has 0 atom stereocenters. The van der Waals surface area contributed by atoms with Gasteiger partial charge in [-0.05, 0) is 64.7 Å². The van der Waals surface area contributed by atoms with E-state index in [0.717, 1.165) is 36.2 Å². The first-order chi connectivity index (χ1) is 11.7. The van der Waals surface area contributed by atoms with E-state index >= 15 is 0 Å². The van der Waals surface area contributed by atoms with Gasteiger partial charge in [-0.15, -0.1) is 0 Å². The zero-order chi connectivity index (χ0) is 18.9. The predicted octanol–water partition coefficient (Wildman–Crippen LogP) is 5.82. The number of aliphatic hydroxyl groups excluding tert-OH is 1. The van der Waals surface area contributed by atoms with E-state index in [0.29, 0.717) is 10.8 Å². The Labute approximate surface area is 160 Å². The summed E-state index contributed by atoms with van der Waals surface area (Å²) in [6.45, 7) is 7.62. The van der Waals surface area contributed by atoms with E-state index in [-0.39, 0.29) is 12.6 Å². The molecule has 140 valence electrons. The van der Waals surface area contributed by atoms with Crippen molar-refractivity contribution in [3.8, 4) is 0 Å². The van der Waals surface area contributed by atoms with Crippen LogP contribution in [-0.2, 0) is 9.53 Å². The largest absolute Gasteiger partial charge is 0.460 e. The van der Waals surface area contributed by atoms with Gasteiger partial charge in [0.1, 0.15) is 5.60 Å². The topological polar surface area (TPSA) is 46.5 Å². The summed E-state index contributed by atoms with van der Waals surface area (Å²) in [6, 6.07) is 8.14. The molecule has 0 saturated carbocycles. The molecule has 0 saturated heterocycles. The molecule has 0 aliphatic heterocycles. The molecule has 0 radical (unpaired) electrons. The molecular formula is C20H29ClO3S. The lowest BCUT2D eigenvalue weighted by molar-refractivity contribution is -0.154. The Hall–Kier alpha value is -0.970. The van der Waals surface area contributed by atoms with Gasteiger partial charge < -0.3 is 9.84 Å². The second-order valence-electron chi connectivity index (χ2n) is 7.10. The van der Waals surface area contributed by atoms with Crippen LogP contribution in [0.25, 0.3) is 0 Å². The Morgan fingerprint density at radius 1 is 1.12 bits per heavy atom. The summed E-state index contributed by atoms with van der Waals surface area (Å²) in [7, 11) is 0. The fourth-order valence-electron chi connectivity index (χ4n) is 2.20. The van der Waals surface area contributed by atoms with Crippen LogP contribution in [-0.4, -0.2) is 23.3 Å². The molecule has 0 spiro atoms. The van der Waals surface area contributed by atoms with Crippen molar-refractivity contribution in [3.05, 3.63) is 39.8 Å². The Kier molecular flexibility index (Phi) is 9.62. The minimum Gasteiger partial charge on any atom is -0.460 e. The van der Waals surface area contributed by atoms with Crippen LogP contribution in [0.2, 0.25) is 0 Å². The van der Waals surface area contributed by atoms with Crippen molar-refractivity contribution in [2.45, 2.75) is 70.3 Å². The number of halogens is 1. The highest BCUT2D eigenvalue weighted by Gasteiger charge is 2.15. The van der Waals surface area contributed by atoms with Crippen molar-refractivity contribution in [2.24, 2.45) is 0 Å². The van der Waals surface area contributed by atoms with Crippen molar-refractivity contribution in [2.75, 3.05) is 6.61 Å². The lowest BCUT2D eigenvalue weighted by Crippen LogP contribution is -2.23.